The lowest BCUT2D eigenvalue weighted by molar-refractivity contribution is 0.234. The maximum atomic E-state index is 11.5. The van der Waals surface area contributed by atoms with Crippen LogP contribution in [-0.2, 0) is 0 Å². The standard InChI is InChI=1S/C12H22N2OS/c1-3-8-13-12(15)14-10-6-5-7-11(9-10)16-4-2/h3,10-11H,1,4-9H2,2H3,(H2,13,14,15)/t10-,11+/m0/s1. The summed E-state index contributed by atoms with van der Waals surface area (Å²) in [5, 5.41) is 6.51. The van der Waals surface area contributed by atoms with Crippen LogP contribution in [0.25, 0.3) is 0 Å². The molecule has 3 nitrogen and oxygen atoms in total. The first-order chi connectivity index (χ1) is 7.76. The normalized spacial score (nSPS) is 24.8. The number of hydrogen-bond donors (Lipinski definition) is 2. The van der Waals surface area contributed by atoms with E-state index in [2.05, 4.69) is 24.1 Å². The van der Waals surface area contributed by atoms with Gasteiger partial charge in [-0.1, -0.05) is 19.4 Å². The summed E-state index contributed by atoms with van der Waals surface area (Å²) in [5.41, 5.74) is 0. The Balaban J connectivity index is 2.25. The molecule has 1 aliphatic rings. The largest absolute Gasteiger partial charge is 0.335 e. The summed E-state index contributed by atoms with van der Waals surface area (Å²) in [4.78, 5) is 11.5. The molecule has 0 bridgehead atoms. The highest BCUT2D eigenvalue weighted by atomic mass is 32.2. The van der Waals surface area contributed by atoms with E-state index in [0.29, 0.717) is 12.6 Å². The van der Waals surface area contributed by atoms with Crippen molar-refractivity contribution in [3.63, 3.8) is 0 Å². The van der Waals surface area contributed by atoms with Crippen LogP contribution in [0.5, 0.6) is 0 Å². The van der Waals surface area contributed by atoms with Gasteiger partial charge in [0.05, 0.1) is 0 Å². The van der Waals surface area contributed by atoms with Crippen molar-refractivity contribution in [3.8, 4) is 0 Å². The molecular weight excluding hydrogens is 220 g/mol. The molecule has 1 saturated carbocycles. The molecule has 0 heterocycles. The molecule has 0 aromatic carbocycles. The van der Waals surface area contributed by atoms with Gasteiger partial charge < -0.3 is 10.6 Å². The van der Waals surface area contributed by atoms with E-state index in [1.807, 2.05) is 11.8 Å². The molecule has 0 aromatic rings. The summed E-state index contributed by atoms with van der Waals surface area (Å²) in [6.45, 7) is 6.30. The number of urea groups is 1. The Hall–Kier alpha value is -0.640. The Kier molecular flexibility index (Phi) is 6.38. The smallest absolute Gasteiger partial charge is 0.315 e. The van der Waals surface area contributed by atoms with Crippen molar-refractivity contribution < 1.29 is 4.79 Å². The van der Waals surface area contributed by atoms with E-state index in [-0.39, 0.29) is 6.03 Å². The van der Waals surface area contributed by atoms with E-state index in [0.717, 1.165) is 18.1 Å². The van der Waals surface area contributed by atoms with Crippen molar-refractivity contribution in [2.45, 2.75) is 43.9 Å². The zero-order chi connectivity index (χ0) is 11.8. The van der Waals surface area contributed by atoms with E-state index in [1.54, 1.807) is 6.08 Å². The summed E-state index contributed by atoms with van der Waals surface area (Å²) in [7, 11) is 0. The van der Waals surface area contributed by atoms with Crippen LogP contribution in [0.15, 0.2) is 12.7 Å². The van der Waals surface area contributed by atoms with Crippen molar-refractivity contribution in [1.29, 1.82) is 0 Å². The third-order valence-corrected chi connectivity index (χ3v) is 4.00. The second-order valence-electron chi connectivity index (χ2n) is 4.08. The summed E-state index contributed by atoms with van der Waals surface area (Å²) >= 11 is 2.01. The molecule has 4 heteroatoms. The van der Waals surface area contributed by atoms with Gasteiger partial charge in [0.15, 0.2) is 0 Å². The van der Waals surface area contributed by atoms with Crippen molar-refractivity contribution in [1.82, 2.24) is 10.6 Å². The lowest BCUT2D eigenvalue weighted by Crippen LogP contribution is -2.44. The molecule has 0 aliphatic heterocycles. The van der Waals surface area contributed by atoms with Crippen LogP contribution in [-0.4, -0.2) is 29.6 Å². The molecule has 0 saturated heterocycles. The van der Waals surface area contributed by atoms with Crippen LogP contribution in [0.1, 0.15) is 32.6 Å². The molecule has 2 amide bonds. The van der Waals surface area contributed by atoms with Gasteiger partial charge in [0, 0.05) is 17.8 Å². The topological polar surface area (TPSA) is 41.1 Å². The van der Waals surface area contributed by atoms with Crippen LogP contribution in [0.2, 0.25) is 0 Å². The molecule has 1 rings (SSSR count). The SMILES string of the molecule is C=CCNC(=O)N[C@H]1CCC[C@@H](SCC)C1. The molecule has 0 aromatic heterocycles. The minimum Gasteiger partial charge on any atom is -0.335 e. The number of amides is 2. The number of carbonyl (C=O) groups excluding carboxylic acids is 1. The number of carbonyl (C=O) groups is 1. The molecule has 0 radical (unpaired) electrons. The first kappa shape index (κ1) is 13.4. The summed E-state index contributed by atoms with van der Waals surface area (Å²) in [5.74, 6) is 1.17. The van der Waals surface area contributed by atoms with Gasteiger partial charge in [-0.15, -0.1) is 6.58 Å². The number of hydrogen-bond acceptors (Lipinski definition) is 2. The molecule has 0 unspecified atom stereocenters. The maximum Gasteiger partial charge on any atom is 0.315 e. The number of thioether (sulfide) groups is 1. The van der Waals surface area contributed by atoms with Crippen LogP contribution >= 0.6 is 11.8 Å². The lowest BCUT2D eigenvalue weighted by Gasteiger charge is -2.29. The highest BCUT2D eigenvalue weighted by Crippen LogP contribution is 2.28. The van der Waals surface area contributed by atoms with Crippen molar-refractivity contribution in [3.05, 3.63) is 12.7 Å². The Morgan fingerprint density at radius 2 is 2.38 bits per heavy atom. The van der Waals surface area contributed by atoms with Gasteiger partial charge in [-0.2, -0.15) is 11.8 Å². The maximum absolute atomic E-state index is 11.5. The summed E-state index contributed by atoms with van der Waals surface area (Å²) < 4.78 is 0. The minimum atomic E-state index is -0.0629. The van der Waals surface area contributed by atoms with E-state index in [4.69, 9.17) is 0 Å². The zero-order valence-electron chi connectivity index (χ0n) is 10.00. The third-order valence-electron chi connectivity index (χ3n) is 2.77. The van der Waals surface area contributed by atoms with Crippen molar-refractivity contribution >= 4 is 17.8 Å². The van der Waals surface area contributed by atoms with E-state index in [9.17, 15) is 4.79 Å². The fourth-order valence-electron chi connectivity index (χ4n) is 2.06. The predicted octanol–water partition coefficient (Wildman–Crippen LogP) is 2.54. The molecule has 2 atom stereocenters. The molecule has 92 valence electrons. The summed E-state index contributed by atoms with van der Waals surface area (Å²) in [6.07, 6.45) is 6.44. The molecule has 1 aliphatic carbocycles. The second-order valence-corrected chi connectivity index (χ2v) is 5.66. The average Bonchev–Trinajstić information content (AvgIpc) is 2.27. The van der Waals surface area contributed by atoms with Crippen LogP contribution in [0, 0.1) is 0 Å². The second kappa shape index (κ2) is 7.60. The number of nitrogens with one attached hydrogen (secondary N) is 2. The molecule has 1 fully saturated rings. The fraction of sp³-hybridized carbons (Fsp3) is 0.750. The van der Waals surface area contributed by atoms with Gasteiger partial charge in [0.2, 0.25) is 0 Å². The Bertz CT molecular complexity index is 231. The predicted molar refractivity (Wildman–Crippen MR) is 70.9 cm³/mol. The highest BCUT2D eigenvalue weighted by molar-refractivity contribution is 7.99. The monoisotopic (exact) mass is 242 g/mol. The van der Waals surface area contributed by atoms with Gasteiger partial charge in [-0.25, -0.2) is 4.79 Å². The van der Waals surface area contributed by atoms with Crippen LogP contribution in [0.3, 0.4) is 0 Å². The number of rotatable bonds is 5. The first-order valence-electron chi connectivity index (χ1n) is 6.03. The Labute approximate surface area is 102 Å². The molecular formula is C12H22N2OS. The first-order valence-corrected chi connectivity index (χ1v) is 7.08. The van der Waals surface area contributed by atoms with Gasteiger partial charge in [0.25, 0.3) is 0 Å². The van der Waals surface area contributed by atoms with E-state index < -0.39 is 0 Å². The van der Waals surface area contributed by atoms with E-state index >= 15 is 0 Å². The summed E-state index contributed by atoms with van der Waals surface area (Å²) in [6, 6.07) is 0.287. The molecule has 16 heavy (non-hydrogen) atoms. The van der Waals surface area contributed by atoms with Crippen LogP contribution < -0.4 is 10.6 Å². The molecule has 2 N–H and O–H groups in total. The fourth-order valence-corrected chi connectivity index (χ4v) is 3.24. The van der Waals surface area contributed by atoms with Crippen molar-refractivity contribution in [2.24, 2.45) is 0 Å². The van der Waals surface area contributed by atoms with Crippen molar-refractivity contribution in [2.75, 3.05) is 12.3 Å². The van der Waals surface area contributed by atoms with Gasteiger partial charge in [-0.3, -0.25) is 0 Å². The van der Waals surface area contributed by atoms with E-state index in [1.165, 1.54) is 18.6 Å². The van der Waals surface area contributed by atoms with Gasteiger partial charge in [0.1, 0.15) is 0 Å². The average molecular weight is 242 g/mol. The van der Waals surface area contributed by atoms with Gasteiger partial charge in [-0.05, 0) is 25.0 Å². The van der Waals surface area contributed by atoms with Gasteiger partial charge >= 0.3 is 6.03 Å². The Morgan fingerprint density at radius 1 is 1.56 bits per heavy atom. The lowest BCUT2D eigenvalue weighted by atomic mass is 9.95. The Morgan fingerprint density at radius 3 is 3.06 bits per heavy atom. The zero-order valence-corrected chi connectivity index (χ0v) is 10.8. The third kappa shape index (κ3) is 4.92. The quantitative estimate of drug-likeness (QED) is 0.727. The van der Waals surface area contributed by atoms with Crippen LogP contribution in [0.4, 0.5) is 4.79 Å². The minimum absolute atomic E-state index is 0.0629. The molecule has 0 spiro atoms. The highest BCUT2D eigenvalue weighted by Gasteiger charge is 2.22.